The molecule has 1 aromatic heterocycles. The molecule has 0 amide bonds. The quantitative estimate of drug-likeness (QED) is 0.833. The smallest absolute Gasteiger partial charge is 0.250 e. The van der Waals surface area contributed by atoms with Crippen LogP contribution in [0.3, 0.4) is 0 Å². The van der Waals surface area contributed by atoms with Crippen molar-refractivity contribution in [3.8, 4) is 5.75 Å². The van der Waals surface area contributed by atoms with E-state index < -0.39 is 0 Å². The van der Waals surface area contributed by atoms with Crippen molar-refractivity contribution in [1.29, 1.82) is 0 Å². The Morgan fingerprint density at radius 2 is 2.06 bits per heavy atom. The summed E-state index contributed by atoms with van der Waals surface area (Å²) in [5.74, 6) is 0.824. The van der Waals surface area contributed by atoms with E-state index in [9.17, 15) is 4.79 Å². The van der Waals surface area contributed by atoms with Crippen molar-refractivity contribution in [3.05, 3.63) is 40.7 Å². The Kier molecular flexibility index (Phi) is 2.37. The molecule has 17 heavy (non-hydrogen) atoms. The van der Waals surface area contributed by atoms with Crippen LogP contribution in [-0.4, -0.2) is 23.8 Å². The predicted molar refractivity (Wildman–Crippen MR) is 66.5 cm³/mol. The van der Waals surface area contributed by atoms with Crippen molar-refractivity contribution in [2.45, 2.75) is 6.10 Å². The highest BCUT2D eigenvalue weighted by Crippen LogP contribution is 2.20. The number of nitrogens with zero attached hydrogens (tertiary/aromatic N) is 1. The molecule has 0 saturated carbocycles. The van der Waals surface area contributed by atoms with E-state index in [2.05, 4.69) is 5.32 Å². The fourth-order valence-electron chi connectivity index (χ4n) is 1.96. The Morgan fingerprint density at radius 3 is 2.76 bits per heavy atom. The lowest BCUT2D eigenvalue weighted by atomic mass is 10.2. The summed E-state index contributed by atoms with van der Waals surface area (Å²) >= 11 is 0. The molecule has 1 aromatic carbocycles. The van der Waals surface area contributed by atoms with Crippen LogP contribution in [0.4, 0.5) is 0 Å². The first kappa shape index (κ1) is 10.4. The van der Waals surface area contributed by atoms with Crippen LogP contribution in [0.2, 0.25) is 0 Å². The number of aromatic nitrogens is 1. The van der Waals surface area contributed by atoms with E-state index in [0.29, 0.717) is 0 Å². The van der Waals surface area contributed by atoms with Crippen LogP contribution in [0.5, 0.6) is 5.75 Å². The molecule has 1 fully saturated rings. The van der Waals surface area contributed by atoms with Gasteiger partial charge in [0.1, 0.15) is 11.9 Å². The molecule has 0 spiro atoms. The SMILES string of the molecule is Cn1c(=O)ccc2ccc(OC3CNC3)cc21. The summed E-state index contributed by atoms with van der Waals surface area (Å²) in [4.78, 5) is 11.5. The van der Waals surface area contributed by atoms with Gasteiger partial charge in [0, 0.05) is 32.3 Å². The summed E-state index contributed by atoms with van der Waals surface area (Å²) < 4.78 is 7.42. The number of aryl methyl sites for hydroxylation is 1. The van der Waals surface area contributed by atoms with E-state index in [1.165, 1.54) is 0 Å². The summed E-state index contributed by atoms with van der Waals surface area (Å²) in [6.45, 7) is 1.79. The van der Waals surface area contributed by atoms with Crippen LogP contribution in [0.1, 0.15) is 0 Å². The molecule has 1 saturated heterocycles. The lowest BCUT2D eigenvalue weighted by molar-refractivity contribution is 0.142. The van der Waals surface area contributed by atoms with Crippen LogP contribution in [-0.2, 0) is 7.05 Å². The molecule has 0 unspecified atom stereocenters. The lowest BCUT2D eigenvalue weighted by Crippen LogP contribution is -2.50. The average Bonchev–Trinajstić information content (AvgIpc) is 2.29. The van der Waals surface area contributed by atoms with E-state index in [-0.39, 0.29) is 11.7 Å². The van der Waals surface area contributed by atoms with Crippen LogP contribution in [0.15, 0.2) is 35.1 Å². The van der Waals surface area contributed by atoms with Gasteiger partial charge in [0.05, 0.1) is 5.52 Å². The number of fused-ring (bicyclic) bond motifs is 1. The van der Waals surface area contributed by atoms with Crippen molar-refractivity contribution in [2.75, 3.05) is 13.1 Å². The molecule has 1 aliphatic heterocycles. The van der Waals surface area contributed by atoms with Crippen molar-refractivity contribution in [3.63, 3.8) is 0 Å². The van der Waals surface area contributed by atoms with Crippen LogP contribution < -0.4 is 15.6 Å². The highest BCUT2D eigenvalue weighted by molar-refractivity contribution is 5.80. The second kappa shape index (κ2) is 3.89. The topological polar surface area (TPSA) is 43.3 Å². The third-order valence-electron chi connectivity index (χ3n) is 3.15. The molecule has 0 bridgehead atoms. The maximum absolute atomic E-state index is 11.5. The van der Waals surface area contributed by atoms with E-state index in [0.717, 1.165) is 29.7 Å². The summed E-state index contributed by atoms with van der Waals surface area (Å²) in [5, 5.41) is 4.21. The molecule has 3 rings (SSSR count). The Hall–Kier alpha value is -1.81. The molecular formula is C13H14N2O2. The summed E-state index contributed by atoms with van der Waals surface area (Å²) in [6, 6.07) is 9.28. The monoisotopic (exact) mass is 230 g/mol. The summed E-state index contributed by atoms with van der Waals surface area (Å²) in [5.41, 5.74) is 0.905. The van der Waals surface area contributed by atoms with Gasteiger partial charge in [0.25, 0.3) is 5.56 Å². The zero-order valence-corrected chi connectivity index (χ0v) is 9.64. The van der Waals surface area contributed by atoms with Crippen molar-refractivity contribution in [1.82, 2.24) is 9.88 Å². The largest absolute Gasteiger partial charge is 0.488 e. The maximum atomic E-state index is 11.5. The molecule has 1 aliphatic rings. The first-order valence-electron chi connectivity index (χ1n) is 5.71. The lowest BCUT2D eigenvalue weighted by Gasteiger charge is -2.27. The molecule has 2 aromatic rings. The summed E-state index contributed by atoms with van der Waals surface area (Å²) in [6.07, 6.45) is 0.258. The number of pyridine rings is 1. The van der Waals surface area contributed by atoms with Crippen molar-refractivity contribution < 1.29 is 4.74 Å². The zero-order valence-electron chi connectivity index (χ0n) is 9.64. The van der Waals surface area contributed by atoms with Gasteiger partial charge in [-0.3, -0.25) is 4.79 Å². The van der Waals surface area contributed by atoms with Gasteiger partial charge in [0.2, 0.25) is 0 Å². The van der Waals surface area contributed by atoms with Gasteiger partial charge in [-0.2, -0.15) is 0 Å². The summed E-state index contributed by atoms with van der Waals surface area (Å²) in [7, 11) is 1.78. The van der Waals surface area contributed by atoms with E-state index in [1.807, 2.05) is 24.3 Å². The van der Waals surface area contributed by atoms with Crippen molar-refractivity contribution >= 4 is 10.9 Å². The van der Waals surface area contributed by atoms with Gasteiger partial charge >= 0.3 is 0 Å². The zero-order chi connectivity index (χ0) is 11.8. The van der Waals surface area contributed by atoms with Gasteiger partial charge in [-0.25, -0.2) is 0 Å². The first-order valence-corrected chi connectivity index (χ1v) is 5.71. The normalized spacial score (nSPS) is 15.8. The van der Waals surface area contributed by atoms with E-state index in [4.69, 9.17) is 4.74 Å². The molecule has 88 valence electrons. The van der Waals surface area contributed by atoms with Crippen LogP contribution in [0.25, 0.3) is 10.9 Å². The van der Waals surface area contributed by atoms with Crippen molar-refractivity contribution in [2.24, 2.45) is 7.05 Å². The van der Waals surface area contributed by atoms with E-state index in [1.54, 1.807) is 17.7 Å². The minimum atomic E-state index is -0.0000363. The number of benzene rings is 1. The average molecular weight is 230 g/mol. The highest BCUT2D eigenvalue weighted by atomic mass is 16.5. The Labute approximate surface area is 98.8 Å². The van der Waals surface area contributed by atoms with Gasteiger partial charge in [0.15, 0.2) is 0 Å². The molecule has 4 nitrogen and oxygen atoms in total. The first-order chi connectivity index (χ1) is 8.24. The fraction of sp³-hybridized carbons (Fsp3) is 0.308. The highest BCUT2D eigenvalue weighted by Gasteiger charge is 2.18. The van der Waals surface area contributed by atoms with Gasteiger partial charge < -0.3 is 14.6 Å². The maximum Gasteiger partial charge on any atom is 0.250 e. The molecule has 0 atom stereocenters. The number of nitrogens with one attached hydrogen (secondary N) is 1. The third-order valence-corrected chi connectivity index (χ3v) is 3.15. The third kappa shape index (κ3) is 1.80. The Morgan fingerprint density at radius 1 is 1.29 bits per heavy atom. The van der Waals surface area contributed by atoms with Gasteiger partial charge in [-0.15, -0.1) is 0 Å². The molecule has 4 heteroatoms. The molecule has 2 heterocycles. The Bertz CT molecular complexity index is 614. The van der Waals surface area contributed by atoms with Gasteiger partial charge in [-0.1, -0.05) is 0 Å². The second-order valence-corrected chi connectivity index (χ2v) is 4.35. The number of rotatable bonds is 2. The second-order valence-electron chi connectivity index (χ2n) is 4.35. The molecule has 0 aliphatic carbocycles. The van der Waals surface area contributed by atoms with Crippen LogP contribution in [0, 0.1) is 0 Å². The molecule has 1 N–H and O–H groups in total. The van der Waals surface area contributed by atoms with Crippen LogP contribution >= 0.6 is 0 Å². The van der Waals surface area contributed by atoms with E-state index >= 15 is 0 Å². The Balaban J connectivity index is 2.04. The predicted octanol–water partition coefficient (Wildman–Crippen LogP) is 0.889. The number of hydrogen-bond acceptors (Lipinski definition) is 3. The number of ether oxygens (including phenoxy) is 1. The fourth-order valence-corrected chi connectivity index (χ4v) is 1.96. The molecule has 0 radical (unpaired) electrons. The number of hydrogen-bond donors (Lipinski definition) is 1. The minimum Gasteiger partial charge on any atom is -0.488 e. The standard InChI is InChI=1S/C13H14N2O2/c1-15-12-6-10(17-11-7-14-8-11)4-2-9(12)3-5-13(15)16/h2-6,11,14H,7-8H2,1H3. The van der Waals surface area contributed by atoms with Gasteiger partial charge in [-0.05, 0) is 23.6 Å². The minimum absolute atomic E-state index is 0.0000363. The molecular weight excluding hydrogens is 216 g/mol.